The molecule has 4 fully saturated rings. The third kappa shape index (κ3) is 4.93. The first kappa shape index (κ1) is 26.6. The van der Waals surface area contributed by atoms with Gasteiger partial charge in [0.15, 0.2) is 0 Å². The molecule has 5 nitrogen and oxygen atoms in total. The number of nitrogens with zero attached hydrogens (tertiary/aromatic N) is 1. The highest BCUT2D eigenvalue weighted by molar-refractivity contribution is 5.87. The van der Waals surface area contributed by atoms with Gasteiger partial charge >= 0.3 is 0 Å². The number of hydrogen-bond donors (Lipinski definition) is 3. The molecule has 8 atom stereocenters. The topological polar surface area (TPSA) is 81.0 Å². The Kier molecular flexibility index (Phi) is 7.45. The van der Waals surface area contributed by atoms with Gasteiger partial charge in [-0.2, -0.15) is 0 Å². The molecule has 1 saturated heterocycles. The van der Waals surface area contributed by atoms with Crippen molar-refractivity contribution >= 4 is 5.91 Å². The van der Waals surface area contributed by atoms with E-state index in [0.717, 1.165) is 24.0 Å². The Balaban J connectivity index is 1.50. The van der Waals surface area contributed by atoms with E-state index in [1.807, 2.05) is 4.90 Å². The van der Waals surface area contributed by atoms with Gasteiger partial charge < -0.3 is 20.2 Å². The van der Waals surface area contributed by atoms with Crippen molar-refractivity contribution in [3.05, 3.63) is 35.5 Å². The Morgan fingerprint density at radius 2 is 1.89 bits per heavy atom. The largest absolute Gasteiger partial charge is 0.393 e. The molecular weight excluding hydrogens is 438 g/mol. The maximum Gasteiger partial charge on any atom is 0.254 e. The molecule has 3 N–H and O–H groups in total. The van der Waals surface area contributed by atoms with Crippen LogP contribution in [-0.2, 0) is 4.79 Å². The molecule has 3 aliphatic carbocycles. The minimum atomic E-state index is -1.24. The molecule has 0 bridgehead atoms. The van der Waals surface area contributed by atoms with E-state index in [2.05, 4.69) is 46.4 Å². The van der Waals surface area contributed by atoms with Gasteiger partial charge in [-0.15, -0.1) is 0 Å². The van der Waals surface area contributed by atoms with Gasteiger partial charge in [-0.3, -0.25) is 4.79 Å². The Morgan fingerprint density at radius 3 is 2.57 bits per heavy atom. The van der Waals surface area contributed by atoms with Gasteiger partial charge in [0, 0.05) is 24.9 Å². The standard InChI is InChI=1S/C30H47NO4/c1-18(2)31-23(17-30(6,35)28(31)34)14-19(3)25-11-12-26-21(8-7-13-29(25,26)5)9-10-22-15-24(32)16-27(33)20(22)4/h9-10,18-19,23-27,32-33,35H,4,7-8,11-17H2,1-3,5-6H3/b21-9+,22-10-/t19-,23-,24-,25-,26+,27+,29-,30+/m1/s1. The molecule has 0 unspecified atom stereocenters. The molecule has 0 radical (unpaired) electrons. The summed E-state index contributed by atoms with van der Waals surface area (Å²) in [4.78, 5) is 14.7. The van der Waals surface area contributed by atoms with Gasteiger partial charge in [0.05, 0.1) is 12.2 Å². The highest BCUT2D eigenvalue weighted by Gasteiger charge is 2.53. The summed E-state index contributed by atoms with van der Waals surface area (Å²) in [6.45, 7) is 14.7. The predicted molar refractivity (Wildman–Crippen MR) is 140 cm³/mol. The molecule has 0 aromatic carbocycles. The van der Waals surface area contributed by atoms with E-state index < -0.39 is 17.8 Å². The van der Waals surface area contributed by atoms with Crippen molar-refractivity contribution in [2.45, 2.75) is 122 Å². The van der Waals surface area contributed by atoms with Crippen molar-refractivity contribution < 1.29 is 20.1 Å². The molecule has 0 aromatic rings. The second-order valence-electron chi connectivity index (χ2n) is 12.8. The number of carbonyl (C=O) groups excluding carboxylic acids is 1. The minimum Gasteiger partial charge on any atom is -0.393 e. The number of aliphatic hydroxyl groups is 3. The summed E-state index contributed by atoms with van der Waals surface area (Å²) in [5, 5.41) is 31.0. The van der Waals surface area contributed by atoms with Crippen LogP contribution in [0.4, 0.5) is 0 Å². The zero-order valence-corrected chi connectivity index (χ0v) is 22.5. The minimum absolute atomic E-state index is 0.101. The van der Waals surface area contributed by atoms with Crippen LogP contribution >= 0.6 is 0 Å². The molecule has 1 heterocycles. The number of rotatable bonds is 5. The maximum absolute atomic E-state index is 12.8. The first-order valence-electron chi connectivity index (χ1n) is 13.8. The average molecular weight is 486 g/mol. The Morgan fingerprint density at radius 1 is 1.17 bits per heavy atom. The van der Waals surface area contributed by atoms with E-state index in [1.165, 1.54) is 31.3 Å². The molecule has 0 spiro atoms. The van der Waals surface area contributed by atoms with E-state index in [0.29, 0.717) is 37.0 Å². The summed E-state index contributed by atoms with van der Waals surface area (Å²) < 4.78 is 0. The van der Waals surface area contributed by atoms with Crippen molar-refractivity contribution in [2.75, 3.05) is 0 Å². The number of allylic oxidation sites excluding steroid dienone is 3. The van der Waals surface area contributed by atoms with Crippen molar-refractivity contribution in [2.24, 2.45) is 23.2 Å². The molecule has 196 valence electrons. The van der Waals surface area contributed by atoms with Crippen LogP contribution in [0.25, 0.3) is 0 Å². The lowest BCUT2D eigenvalue weighted by Gasteiger charge is -2.45. The molecule has 3 saturated carbocycles. The first-order valence-corrected chi connectivity index (χ1v) is 13.8. The lowest BCUT2D eigenvalue weighted by molar-refractivity contribution is -0.143. The van der Waals surface area contributed by atoms with Crippen molar-refractivity contribution in [1.82, 2.24) is 4.90 Å². The lowest BCUT2D eigenvalue weighted by Crippen LogP contribution is -2.44. The molecule has 5 heteroatoms. The number of carbonyl (C=O) groups is 1. The number of amides is 1. The quantitative estimate of drug-likeness (QED) is 0.517. The van der Waals surface area contributed by atoms with E-state index in [1.54, 1.807) is 6.92 Å². The van der Waals surface area contributed by atoms with Crippen LogP contribution in [-0.4, -0.2) is 56.0 Å². The van der Waals surface area contributed by atoms with Crippen molar-refractivity contribution in [3.8, 4) is 0 Å². The SMILES string of the molecule is C=C1/C(=C\C=C2/CCC[C@]3(C)[C@@H]([C@H](C)C[C@@H]4C[C@](C)(O)C(=O)N4C(C)C)CC[C@@H]23)C[C@@H](O)C[C@@H]1O. The molecule has 1 aliphatic heterocycles. The zero-order valence-electron chi connectivity index (χ0n) is 22.5. The summed E-state index contributed by atoms with van der Waals surface area (Å²) in [5.74, 6) is 1.53. The fourth-order valence-corrected chi connectivity index (χ4v) is 8.21. The van der Waals surface area contributed by atoms with Crippen LogP contribution in [0.2, 0.25) is 0 Å². The molecular formula is C30H47NO4. The Hall–Kier alpha value is -1.43. The van der Waals surface area contributed by atoms with Crippen molar-refractivity contribution in [1.29, 1.82) is 0 Å². The molecule has 4 aliphatic rings. The van der Waals surface area contributed by atoms with Crippen LogP contribution in [0, 0.1) is 23.2 Å². The van der Waals surface area contributed by atoms with Gasteiger partial charge in [-0.25, -0.2) is 0 Å². The van der Waals surface area contributed by atoms with E-state index in [4.69, 9.17) is 0 Å². The highest BCUT2D eigenvalue weighted by atomic mass is 16.3. The first-order chi connectivity index (χ1) is 16.3. The highest BCUT2D eigenvalue weighted by Crippen LogP contribution is 2.60. The van der Waals surface area contributed by atoms with Crippen LogP contribution in [0.3, 0.4) is 0 Å². The summed E-state index contributed by atoms with van der Waals surface area (Å²) >= 11 is 0. The molecule has 0 aromatic heterocycles. The predicted octanol–water partition coefficient (Wildman–Crippen LogP) is 4.91. The van der Waals surface area contributed by atoms with Gasteiger partial charge in [-0.1, -0.05) is 38.2 Å². The van der Waals surface area contributed by atoms with E-state index in [9.17, 15) is 20.1 Å². The third-order valence-corrected chi connectivity index (χ3v) is 9.91. The second kappa shape index (κ2) is 9.79. The maximum atomic E-state index is 12.8. The average Bonchev–Trinajstić information content (AvgIpc) is 3.22. The number of fused-ring (bicyclic) bond motifs is 1. The summed E-state index contributed by atoms with van der Waals surface area (Å²) in [6.07, 6.45) is 11.6. The Bertz CT molecular complexity index is 902. The number of likely N-dealkylation sites (tertiary alicyclic amines) is 1. The van der Waals surface area contributed by atoms with Gasteiger partial charge in [0.1, 0.15) is 5.60 Å². The zero-order chi connectivity index (χ0) is 25.7. The van der Waals surface area contributed by atoms with Gasteiger partial charge in [-0.05, 0) is 100 Å². The van der Waals surface area contributed by atoms with Gasteiger partial charge in [0.25, 0.3) is 5.91 Å². The van der Waals surface area contributed by atoms with Crippen LogP contribution in [0.1, 0.15) is 92.4 Å². The molecule has 35 heavy (non-hydrogen) atoms. The molecule has 4 rings (SSSR count). The Labute approximate surface area is 212 Å². The van der Waals surface area contributed by atoms with E-state index in [-0.39, 0.29) is 23.4 Å². The lowest BCUT2D eigenvalue weighted by atomic mass is 9.60. The fraction of sp³-hybridized carbons (Fsp3) is 0.767. The molecule has 1 amide bonds. The van der Waals surface area contributed by atoms with Crippen LogP contribution < -0.4 is 0 Å². The monoisotopic (exact) mass is 485 g/mol. The van der Waals surface area contributed by atoms with Gasteiger partial charge in [0.2, 0.25) is 0 Å². The number of hydrogen-bond acceptors (Lipinski definition) is 4. The smallest absolute Gasteiger partial charge is 0.254 e. The summed E-state index contributed by atoms with van der Waals surface area (Å²) in [5.41, 5.74) is 2.24. The van der Waals surface area contributed by atoms with Crippen LogP contribution in [0.15, 0.2) is 35.5 Å². The second-order valence-corrected chi connectivity index (χ2v) is 12.8. The third-order valence-electron chi connectivity index (χ3n) is 9.91. The van der Waals surface area contributed by atoms with Crippen molar-refractivity contribution in [3.63, 3.8) is 0 Å². The van der Waals surface area contributed by atoms with Crippen LogP contribution in [0.5, 0.6) is 0 Å². The summed E-state index contributed by atoms with van der Waals surface area (Å²) in [7, 11) is 0. The normalized spacial score (nSPS) is 43.5. The number of aliphatic hydroxyl groups excluding tert-OH is 2. The summed E-state index contributed by atoms with van der Waals surface area (Å²) in [6, 6.07) is 0.207. The fourth-order valence-electron chi connectivity index (χ4n) is 8.21. The van der Waals surface area contributed by atoms with E-state index >= 15 is 0 Å².